The zero-order chi connectivity index (χ0) is 16.4. The van der Waals surface area contributed by atoms with Crippen molar-refractivity contribution in [2.75, 3.05) is 13.1 Å². The summed E-state index contributed by atoms with van der Waals surface area (Å²) in [6.45, 7) is 0.120. The number of amides is 1. The molecular formula is C15H12F3N3O2. The highest BCUT2D eigenvalue weighted by atomic mass is 19.4. The first-order chi connectivity index (χ1) is 10.8. The second-order valence-corrected chi connectivity index (χ2v) is 6.08. The van der Waals surface area contributed by atoms with Crippen LogP contribution < -0.4 is 5.56 Å². The van der Waals surface area contributed by atoms with Crippen LogP contribution in [0.1, 0.15) is 29.4 Å². The number of hydrogen-bond acceptors (Lipinski definition) is 3. The number of H-pyrrole nitrogens is 1. The number of hydrogen-bond donors (Lipinski definition) is 1. The Morgan fingerprint density at radius 2 is 1.87 bits per heavy atom. The molecule has 5 nitrogen and oxygen atoms in total. The fraction of sp³-hybridized carbons (Fsp3) is 0.400. The summed E-state index contributed by atoms with van der Waals surface area (Å²) in [4.78, 5) is 30.5. The maximum atomic E-state index is 12.7. The summed E-state index contributed by atoms with van der Waals surface area (Å²) < 4.78 is 38.0. The molecule has 2 aromatic rings. The van der Waals surface area contributed by atoms with Gasteiger partial charge in [-0.1, -0.05) is 0 Å². The maximum Gasteiger partial charge on any atom is 0.471 e. The van der Waals surface area contributed by atoms with Gasteiger partial charge in [0, 0.05) is 24.9 Å². The zero-order valence-corrected chi connectivity index (χ0v) is 11.9. The topological polar surface area (TPSA) is 66.1 Å². The number of aromatic nitrogens is 2. The van der Waals surface area contributed by atoms with Crippen LogP contribution in [0, 0.1) is 0 Å². The van der Waals surface area contributed by atoms with Crippen LogP contribution >= 0.6 is 0 Å². The highest BCUT2D eigenvalue weighted by molar-refractivity contribution is 5.83. The van der Waals surface area contributed by atoms with E-state index in [1.165, 1.54) is 6.20 Å². The van der Waals surface area contributed by atoms with Gasteiger partial charge in [0.15, 0.2) is 0 Å². The molecule has 1 N–H and O–H groups in total. The van der Waals surface area contributed by atoms with Crippen LogP contribution in [0.3, 0.4) is 0 Å². The Hall–Kier alpha value is -2.38. The van der Waals surface area contributed by atoms with Gasteiger partial charge < -0.3 is 9.88 Å². The van der Waals surface area contributed by atoms with Gasteiger partial charge in [-0.15, -0.1) is 0 Å². The van der Waals surface area contributed by atoms with Crippen molar-refractivity contribution in [1.29, 1.82) is 0 Å². The van der Waals surface area contributed by atoms with Crippen molar-refractivity contribution in [2.24, 2.45) is 0 Å². The number of nitrogens with zero attached hydrogens (tertiary/aromatic N) is 2. The first kappa shape index (κ1) is 14.2. The number of likely N-dealkylation sites (tertiary alicyclic amines) is 1. The minimum Gasteiger partial charge on any atom is -0.334 e. The summed E-state index contributed by atoms with van der Waals surface area (Å²) in [5, 5.41) is 0. The Kier molecular flexibility index (Phi) is 2.82. The lowest BCUT2D eigenvalue weighted by Crippen LogP contribution is -2.46. The summed E-state index contributed by atoms with van der Waals surface area (Å²) in [7, 11) is 0. The Labute approximate surface area is 128 Å². The third-order valence-electron chi connectivity index (χ3n) is 4.64. The minimum atomic E-state index is -4.85. The van der Waals surface area contributed by atoms with Crippen LogP contribution in [-0.2, 0) is 4.79 Å². The van der Waals surface area contributed by atoms with Gasteiger partial charge in [-0.2, -0.15) is 13.2 Å². The standard InChI is InChI=1S/C15H12F3N3O2/c16-15(17,18)14(23)21-5-7-1-8(6-21)10-3-12-11(2-9(7)10)19-4-13(22)20-12/h2-4,7-8H,1,5-6H2,(H,20,22)/t7-,8-/m0/s1. The molecular weight excluding hydrogens is 311 g/mol. The molecule has 1 aliphatic carbocycles. The summed E-state index contributed by atoms with van der Waals surface area (Å²) in [5.74, 6) is -2.03. The van der Waals surface area contributed by atoms with E-state index in [1.54, 1.807) is 6.07 Å². The predicted molar refractivity (Wildman–Crippen MR) is 75.1 cm³/mol. The highest BCUT2D eigenvalue weighted by Crippen LogP contribution is 2.47. The monoisotopic (exact) mass is 323 g/mol. The van der Waals surface area contributed by atoms with E-state index in [0.29, 0.717) is 11.0 Å². The Morgan fingerprint density at radius 1 is 1.22 bits per heavy atom. The van der Waals surface area contributed by atoms with Gasteiger partial charge in [0.2, 0.25) is 0 Å². The molecule has 2 bridgehead atoms. The number of carbonyl (C=O) groups excluding carboxylic acids is 1. The number of rotatable bonds is 0. The first-order valence-corrected chi connectivity index (χ1v) is 7.22. The molecule has 0 unspecified atom stereocenters. The molecule has 2 aliphatic rings. The molecule has 1 saturated heterocycles. The summed E-state index contributed by atoms with van der Waals surface area (Å²) >= 11 is 0. The SMILES string of the molecule is O=C(N1C[C@@H]2C[C@@H](C1)c1cc3[nH]c(=O)cnc3cc12)C(F)(F)F. The molecule has 2 atom stereocenters. The molecule has 23 heavy (non-hydrogen) atoms. The van der Waals surface area contributed by atoms with Gasteiger partial charge in [0.05, 0.1) is 17.2 Å². The van der Waals surface area contributed by atoms with Gasteiger partial charge in [-0.05, 0) is 29.7 Å². The van der Waals surface area contributed by atoms with Crippen LogP contribution in [0.4, 0.5) is 13.2 Å². The molecule has 1 aromatic carbocycles. The van der Waals surface area contributed by atoms with Crippen molar-refractivity contribution in [3.8, 4) is 0 Å². The molecule has 0 saturated carbocycles. The number of piperidine rings is 1. The number of carbonyl (C=O) groups is 1. The van der Waals surface area contributed by atoms with E-state index < -0.39 is 12.1 Å². The Balaban J connectivity index is 1.75. The summed E-state index contributed by atoms with van der Waals surface area (Å²) in [6.07, 6.45) is -2.95. The number of fused-ring (bicyclic) bond motifs is 6. The Bertz CT molecular complexity index is 874. The average molecular weight is 323 g/mol. The van der Waals surface area contributed by atoms with Crippen molar-refractivity contribution < 1.29 is 18.0 Å². The van der Waals surface area contributed by atoms with E-state index in [0.717, 1.165) is 22.4 Å². The molecule has 2 heterocycles. The highest BCUT2D eigenvalue weighted by Gasteiger charge is 2.47. The third-order valence-corrected chi connectivity index (χ3v) is 4.64. The van der Waals surface area contributed by atoms with Crippen LogP contribution in [0.5, 0.6) is 0 Å². The lowest BCUT2D eigenvalue weighted by atomic mass is 9.95. The number of nitrogens with one attached hydrogen (secondary N) is 1. The van der Waals surface area contributed by atoms with Gasteiger partial charge in [0.1, 0.15) is 0 Å². The van der Waals surface area contributed by atoms with Crippen LogP contribution in [0.25, 0.3) is 11.0 Å². The van der Waals surface area contributed by atoms with E-state index in [2.05, 4.69) is 9.97 Å². The molecule has 1 fully saturated rings. The second-order valence-electron chi connectivity index (χ2n) is 6.08. The normalized spacial score (nSPS) is 23.2. The first-order valence-electron chi connectivity index (χ1n) is 7.22. The van der Waals surface area contributed by atoms with E-state index in [4.69, 9.17) is 0 Å². The summed E-state index contributed by atoms with van der Waals surface area (Å²) in [6, 6.07) is 3.60. The van der Waals surface area contributed by atoms with Crippen molar-refractivity contribution in [3.05, 3.63) is 39.8 Å². The lowest BCUT2D eigenvalue weighted by molar-refractivity contribution is -0.186. The predicted octanol–water partition coefficient (Wildman–Crippen LogP) is 1.90. The van der Waals surface area contributed by atoms with Crippen molar-refractivity contribution in [2.45, 2.75) is 24.4 Å². The molecule has 4 rings (SSSR count). The molecule has 1 aromatic heterocycles. The fourth-order valence-corrected chi connectivity index (χ4v) is 3.72. The minimum absolute atomic E-state index is 0.0534. The molecule has 1 amide bonds. The number of benzene rings is 1. The second kappa shape index (κ2) is 4.56. The summed E-state index contributed by atoms with van der Waals surface area (Å²) in [5.41, 5.74) is 2.68. The smallest absolute Gasteiger partial charge is 0.334 e. The number of alkyl halides is 3. The molecule has 0 radical (unpaired) electrons. The van der Waals surface area contributed by atoms with E-state index >= 15 is 0 Å². The van der Waals surface area contributed by atoms with E-state index in [-0.39, 0.29) is 30.5 Å². The van der Waals surface area contributed by atoms with E-state index in [1.807, 2.05) is 6.07 Å². The van der Waals surface area contributed by atoms with Crippen molar-refractivity contribution in [3.63, 3.8) is 0 Å². The van der Waals surface area contributed by atoms with Gasteiger partial charge in [-0.3, -0.25) is 9.59 Å². The van der Waals surface area contributed by atoms with Gasteiger partial charge in [0.25, 0.3) is 5.56 Å². The molecule has 120 valence electrons. The fourth-order valence-electron chi connectivity index (χ4n) is 3.72. The van der Waals surface area contributed by atoms with Crippen molar-refractivity contribution in [1.82, 2.24) is 14.9 Å². The van der Waals surface area contributed by atoms with Crippen LogP contribution in [0.2, 0.25) is 0 Å². The van der Waals surface area contributed by atoms with Gasteiger partial charge in [-0.25, -0.2) is 4.98 Å². The third kappa shape index (κ3) is 2.20. The molecule has 8 heteroatoms. The molecule has 1 aliphatic heterocycles. The largest absolute Gasteiger partial charge is 0.471 e. The quantitative estimate of drug-likeness (QED) is 0.805. The lowest BCUT2D eigenvalue weighted by Gasteiger charge is -2.32. The van der Waals surface area contributed by atoms with Crippen LogP contribution in [-0.4, -0.2) is 40.0 Å². The average Bonchev–Trinajstić information content (AvgIpc) is 2.74. The number of aromatic amines is 1. The van der Waals surface area contributed by atoms with E-state index in [9.17, 15) is 22.8 Å². The van der Waals surface area contributed by atoms with Crippen molar-refractivity contribution >= 4 is 16.9 Å². The zero-order valence-electron chi connectivity index (χ0n) is 11.9. The maximum absolute atomic E-state index is 12.7. The Morgan fingerprint density at radius 3 is 2.52 bits per heavy atom. The molecule has 0 spiro atoms. The number of halogens is 3. The van der Waals surface area contributed by atoms with Crippen LogP contribution in [0.15, 0.2) is 23.1 Å². The van der Waals surface area contributed by atoms with Gasteiger partial charge >= 0.3 is 12.1 Å².